The molecule has 18 heavy (non-hydrogen) atoms. The summed E-state index contributed by atoms with van der Waals surface area (Å²) in [5.74, 6) is 1.09. The van der Waals surface area contributed by atoms with Crippen molar-refractivity contribution >= 4 is 20.1 Å². The van der Waals surface area contributed by atoms with Gasteiger partial charge in [-0.3, -0.25) is 0 Å². The van der Waals surface area contributed by atoms with E-state index in [2.05, 4.69) is 64.0 Å². The molecule has 94 valence electrons. The van der Waals surface area contributed by atoms with E-state index in [-0.39, 0.29) is 0 Å². The van der Waals surface area contributed by atoms with Gasteiger partial charge in [-0.1, -0.05) is 0 Å². The Morgan fingerprint density at radius 1 is 1.22 bits per heavy atom. The summed E-state index contributed by atoms with van der Waals surface area (Å²) >= 11 is 3.26. The maximum atomic E-state index is 3.89. The van der Waals surface area contributed by atoms with Gasteiger partial charge in [0.2, 0.25) is 0 Å². The Labute approximate surface area is 118 Å². The molecular formula is C16H19NSe. The van der Waals surface area contributed by atoms with Gasteiger partial charge in [0.05, 0.1) is 0 Å². The van der Waals surface area contributed by atoms with Gasteiger partial charge in [-0.2, -0.15) is 0 Å². The zero-order chi connectivity index (χ0) is 13.0. The van der Waals surface area contributed by atoms with Crippen molar-refractivity contribution in [2.75, 3.05) is 13.1 Å². The van der Waals surface area contributed by atoms with Crippen molar-refractivity contribution < 1.29 is 0 Å². The van der Waals surface area contributed by atoms with Gasteiger partial charge in [0, 0.05) is 0 Å². The SMILES string of the molecule is C=CCC1C(=[Se])N(CC=C)CC1c1ccccc1. The van der Waals surface area contributed by atoms with Gasteiger partial charge in [-0.25, -0.2) is 0 Å². The summed E-state index contributed by atoms with van der Waals surface area (Å²) in [6.07, 6.45) is 5.01. The van der Waals surface area contributed by atoms with Crippen molar-refractivity contribution in [3.05, 3.63) is 61.2 Å². The Hall–Kier alpha value is -1.11. The normalized spacial score (nSPS) is 23.1. The minimum atomic E-state index is 0.532. The Kier molecular flexibility index (Phi) is 4.57. The van der Waals surface area contributed by atoms with Gasteiger partial charge in [0.25, 0.3) is 0 Å². The number of allylic oxidation sites excluding steroid dienone is 1. The van der Waals surface area contributed by atoms with Crippen LogP contribution < -0.4 is 0 Å². The Morgan fingerprint density at radius 2 is 1.94 bits per heavy atom. The standard InChI is InChI=1S/C16H19NSe/c1-3-8-14-15(13-9-6-5-7-10-13)12-17(11-4-2)16(14)18/h3-7,9-10,14-15H,1-2,8,11-12H2. The number of nitrogens with zero attached hydrogens (tertiary/aromatic N) is 1. The average molecular weight is 304 g/mol. The van der Waals surface area contributed by atoms with Gasteiger partial charge in [-0.15, -0.1) is 0 Å². The molecule has 0 aliphatic carbocycles. The van der Waals surface area contributed by atoms with Gasteiger partial charge in [-0.05, 0) is 0 Å². The predicted molar refractivity (Wildman–Crippen MR) is 80.0 cm³/mol. The van der Waals surface area contributed by atoms with Crippen LogP contribution in [0.3, 0.4) is 0 Å². The molecule has 0 saturated carbocycles. The fraction of sp³-hybridized carbons (Fsp3) is 0.312. The molecular weight excluding hydrogens is 285 g/mol. The summed E-state index contributed by atoms with van der Waals surface area (Å²) in [5.41, 5.74) is 1.42. The van der Waals surface area contributed by atoms with Gasteiger partial charge < -0.3 is 0 Å². The Bertz CT molecular complexity index is 438. The van der Waals surface area contributed by atoms with Crippen molar-refractivity contribution in [3.63, 3.8) is 0 Å². The summed E-state index contributed by atoms with van der Waals surface area (Å²) in [4.78, 5) is 2.39. The molecule has 0 spiro atoms. The topological polar surface area (TPSA) is 3.24 Å². The van der Waals surface area contributed by atoms with Crippen molar-refractivity contribution in [2.24, 2.45) is 5.92 Å². The molecule has 2 atom stereocenters. The number of benzene rings is 1. The molecule has 0 radical (unpaired) electrons. The zero-order valence-corrected chi connectivity index (χ0v) is 12.3. The fourth-order valence-corrected chi connectivity index (χ4v) is 3.52. The summed E-state index contributed by atoms with van der Waals surface area (Å²) < 4.78 is 1.35. The first-order valence-corrected chi connectivity index (χ1v) is 7.19. The molecule has 1 saturated heterocycles. The third-order valence-electron chi connectivity index (χ3n) is 3.53. The maximum absolute atomic E-state index is 3.89. The molecule has 2 rings (SSSR count). The molecule has 1 aliphatic rings. The van der Waals surface area contributed by atoms with Crippen LogP contribution in [0, 0.1) is 5.92 Å². The number of likely N-dealkylation sites (tertiary alicyclic amines) is 1. The van der Waals surface area contributed by atoms with Crippen molar-refractivity contribution in [2.45, 2.75) is 12.3 Å². The Morgan fingerprint density at radius 3 is 2.56 bits per heavy atom. The van der Waals surface area contributed by atoms with Gasteiger partial charge in [0.15, 0.2) is 0 Å². The predicted octanol–water partition coefficient (Wildman–Crippen LogP) is 2.76. The Balaban J connectivity index is 2.25. The van der Waals surface area contributed by atoms with E-state index in [0.717, 1.165) is 19.5 Å². The van der Waals surface area contributed by atoms with Crippen LogP contribution in [0.15, 0.2) is 55.6 Å². The second kappa shape index (κ2) is 6.17. The first kappa shape index (κ1) is 13.3. The average Bonchev–Trinajstić information content (AvgIpc) is 2.70. The van der Waals surface area contributed by atoms with E-state index in [4.69, 9.17) is 0 Å². The number of rotatable bonds is 5. The molecule has 1 fully saturated rings. The summed E-state index contributed by atoms with van der Waals surface area (Å²) in [6.45, 7) is 9.71. The first-order chi connectivity index (χ1) is 8.77. The molecule has 0 aromatic heterocycles. The van der Waals surface area contributed by atoms with Crippen molar-refractivity contribution in [3.8, 4) is 0 Å². The van der Waals surface area contributed by atoms with Crippen LogP contribution in [0.25, 0.3) is 0 Å². The van der Waals surface area contributed by atoms with E-state index in [1.807, 2.05) is 12.2 Å². The van der Waals surface area contributed by atoms with Crippen LogP contribution in [0.1, 0.15) is 17.9 Å². The molecule has 0 N–H and O–H groups in total. The summed E-state index contributed by atoms with van der Waals surface area (Å²) in [7, 11) is 0. The van der Waals surface area contributed by atoms with E-state index in [1.54, 1.807) is 0 Å². The number of hydrogen-bond acceptors (Lipinski definition) is 1. The van der Waals surface area contributed by atoms with Crippen LogP contribution >= 0.6 is 0 Å². The quantitative estimate of drug-likeness (QED) is 0.597. The molecule has 1 heterocycles. The van der Waals surface area contributed by atoms with E-state index >= 15 is 0 Å². The van der Waals surface area contributed by atoms with Crippen LogP contribution in [-0.4, -0.2) is 38.1 Å². The summed E-state index contributed by atoms with van der Waals surface area (Å²) in [6, 6.07) is 10.8. The van der Waals surface area contributed by atoms with Crippen molar-refractivity contribution in [1.29, 1.82) is 0 Å². The van der Waals surface area contributed by atoms with Crippen molar-refractivity contribution in [1.82, 2.24) is 4.90 Å². The van der Waals surface area contributed by atoms with Gasteiger partial charge >= 0.3 is 118 Å². The molecule has 1 nitrogen and oxygen atoms in total. The molecule has 1 aromatic rings. The van der Waals surface area contributed by atoms with Crippen LogP contribution in [0.2, 0.25) is 0 Å². The molecule has 0 bridgehead atoms. The van der Waals surface area contributed by atoms with E-state index in [0.29, 0.717) is 11.8 Å². The fourth-order valence-electron chi connectivity index (χ4n) is 2.66. The van der Waals surface area contributed by atoms with Crippen LogP contribution in [0.4, 0.5) is 0 Å². The molecule has 1 aromatic carbocycles. The third kappa shape index (κ3) is 2.66. The molecule has 2 unspecified atom stereocenters. The van der Waals surface area contributed by atoms with E-state index in [1.165, 1.54) is 10.1 Å². The van der Waals surface area contributed by atoms with Gasteiger partial charge in [0.1, 0.15) is 0 Å². The first-order valence-electron chi connectivity index (χ1n) is 6.33. The molecule has 0 amide bonds. The second-order valence-corrected chi connectivity index (χ2v) is 5.56. The second-order valence-electron chi connectivity index (χ2n) is 4.68. The minimum absolute atomic E-state index is 0.532. The monoisotopic (exact) mass is 305 g/mol. The van der Waals surface area contributed by atoms with Crippen LogP contribution in [-0.2, 0) is 0 Å². The summed E-state index contributed by atoms with van der Waals surface area (Å²) in [5, 5.41) is 0. The third-order valence-corrected chi connectivity index (χ3v) is 4.71. The van der Waals surface area contributed by atoms with E-state index < -0.39 is 0 Å². The number of hydrogen-bond donors (Lipinski definition) is 0. The molecule has 2 heteroatoms. The van der Waals surface area contributed by atoms with Crippen LogP contribution in [0.5, 0.6) is 0 Å². The zero-order valence-electron chi connectivity index (χ0n) is 10.6. The molecule has 1 aliphatic heterocycles. The van der Waals surface area contributed by atoms with E-state index in [9.17, 15) is 0 Å².